The minimum absolute atomic E-state index is 0.0402. The summed E-state index contributed by atoms with van der Waals surface area (Å²) in [5.41, 5.74) is -1.73. The van der Waals surface area contributed by atoms with Gasteiger partial charge in [0.2, 0.25) is 5.95 Å². The molecule has 0 aliphatic carbocycles. The third-order valence-corrected chi connectivity index (χ3v) is 8.01. The van der Waals surface area contributed by atoms with Crippen LogP contribution in [0.1, 0.15) is 29.9 Å². The zero-order valence-corrected chi connectivity index (χ0v) is 22.6. The molecule has 2 aromatic rings. The van der Waals surface area contributed by atoms with Crippen LogP contribution in [0, 0.1) is 11.7 Å². The summed E-state index contributed by atoms with van der Waals surface area (Å²) in [5.74, 6) is -2.26. The van der Waals surface area contributed by atoms with Crippen LogP contribution in [0.3, 0.4) is 0 Å². The van der Waals surface area contributed by atoms with Crippen LogP contribution in [0.5, 0.6) is 0 Å². The average Bonchev–Trinajstić information content (AvgIpc) is 2.84. The van der Waals surface area contributed by atoms with Crippen molar-refractivity contribution in [1.82, 2.24) is 20.2 Å². The molecule has 2 amide bonds. The Balaban J connectivity index is 1.58. The summed E-state index contributed by atoms with van der Waals surface area (Å²) in [5, 5.41) is 11.3. The van der Waals surface area contributed by atoms with Crippen molar-refractivity contribution in [3.63, 3.8) is 0 Å². The number of carbonyl (C=O) groups excluding carboxylic acids is 1. The lowest BCUT2D eigenvalue weighted by Crippen LogP contribution is -2.60. The molecular weight excluding hydrogens is 560 g/mol. The van der Waals surface area contributed by atoms with E-state index in [1.165, 1.54) is 12.1 Å². The molecule has 2 saturated heterocycles. The molecule has 3 heterocycles. The smallest absolute Gasteiger partial charge is 0.434 e. The molecule has 2 aliphatic heterocycles. The maximum absolute atomic E-state index is 14.1. The summed E-state index contributed by atoms with van der Waals surface area (Å²) in [4.78, 5) is 35.3. The quantitative estimate of drug-likeness (QED) is 0.488. The highest BCUT2D eigenvalue weighted by atomic mass is 32.2. The Morgan fingerprint density at radius 2 is 1.82 bits per heavy atom. The minimum Gasteiger partial charge on any atom is -0.465 e. The number of benzene rings is 1. The van der Waals surface area contributed by atoms with Crippen molar-refractivity contribution in [2.24, 2.45) is 5.92 Å². The van der Waals surface area contributed by atoms with Crippen LogP contribution >= 0.6 is 0 Å². The van der Waals surface area contributed by atoms with E-state index in [0.717, 1.165) is 23.4 Å². The van der Waals surface area contributed by atoms with E-state index in [0.29, 0.717) is 5.69 Å². The Labute approximate surface area is 227 Å². The number of piperazine rings is 1. The van der Waals surface area contributed by atoms with Crippen molar-refractivity contribution in [2.45, 2.75) is 37.0 Å². The van der Waals surface area contributed by atoms with Crippen molar-refractivity contribution in [3.05, 3.63) is 41.5 Å². The van der Waals surface area contributed by atoms with Gasteiger partial charge in [-0.2, -0.15) is 13.2 Å². The SMILES string of the molecule is CC(C)C1CN(c2ccc(F)c(S(C)(=O)=O)c2)CCN1c1ncc(C(=O)NC2CN(C(=O)O)C2)c(C(F)(F)F)n1. The number of likely N-dealkylation sites (tertiary alicyclic amines) is 1. The van der Waals surface area contributed by atoms with E-state index in [2.05, 4.69) is 15.3 Å². The number of hydrogen-bond acceptors (Lipinski definition) is 8. The largest absolute Gasteiger partial charge is 0.465 e. The van der Waals surface area contributed by atoms with Gasteiger partial charge in [0.1, 0.15) is 10.7 Å². The summed E-state index contributed by atoms with van der Waals surface area (Å²) in [6, 6.07) is 2.71. The molecule has 1 aromatic heterocycles. The first-order chi connectivity index (χ1) is 18.6. The van der Waals surface area contributed by atoms with Crippen molar-refractivity contribution < 1.29 is 40.7 Å². The van der Waals surface area contributed by atoms with Gasteiger partial charge in [-0.3, -0.25) is 4.79 Å². The molecular formula is C24H28F4N6O5S. The van der Waals surface area contributed by atoms with Crippen molar-refractivity contribution in [2.75, 3.05) is 48.8 Å². The van der Waals surface area contributed by atoms with Crippen LogP contribution < -0.4 is 15.1 Å². The molecule has 4 rings (SSSR count). The standard InChI is InChI=1S/C24H28F4N6O5S/c1-13(2)18-12-32(15-4-5-17(25)19(8-15)40(3,38)39)6-7-34(18)22-29-9-16(20(31-22)24(26,27)28)21(35)30-14-10-33(11-14)23(36)37/h4-5,8-9,13-14,18H,6-7,10-12H2,1-3H3,(H,30,35)(H,36,37). The summed E-state index contributed by atoms with van der Waals surface area (Å²) in [6.45, 7) is 4.33. The van der Waals surface area contributed by atoms with Crippen molar-refractivity contribution in [1.29, 1.82) is 0 Å². The fourth-order valence-electron chi connectivity index (χ4n) is 4.72. The van der Waals surface area contributed by atoms with Gasteiger partial charge in [0.05, 0.1) is 17.6 Å². The van der Waals surface area contributed by atoms with Crippen LogP contribution in [-0.2, 0) is 16.0 Å². The van der Waals surface area contributed by atoms with E-state index in [9.17, 15) is 35.6 Å². The maximum Gasteiger partial charge on any atom is 0.434 e. The van der Waals surface area contributed by atoms with E-state index < -0.39 is 62.1 Å². The second-order valence-corrected chi connectivity index (χ2v) is 12.1. The zero-order valence-electron chi connectivity index (χ0n) is 21.8. The molecule has 0 radical (unpaired) electrons. The number of alkyl halides is 3. The fourth-order valence-corrected chi connectivity index (χ4v) is 5.48. The highest BCUT2D eigenvalue weighted by molar-refractivity contribution is 7.90. The Hall–Kier alpha value is -3.69. The van der Waals surface area contributed by atoms with E-state index in [1.807, 2.05) is 18.7 Å². The van der Waals surface area contributed by atoms with Gasteiger partial charge >= 0.3 is 12.3 Å². The monoisotopic (exact) mass is 588 g/mol. The van der Waals surface area contributed by atoms with Gasteiger partial charge in [0.15, 0.2) is 15.5 Å². The molecule has 40 heavy (non-hydrogen) atoms. The van der Waals surface area contributed by atoms with E-state index in [4.69, 9.17) is 5.11 Å². The number of nitrogens with zero attached hydrogens (tertiary/aromatic N) is 5. The Morgan fingerprint density at radius 3 is 2.40 bits per heavy atom. The molecule has 11 nitrogen and oxygen atoms in total. The second kappa shape index (κ2) is 10.7. The number of nitrogens with one attached hydrogen (secondary N) is 1. The van der Waals surface area contributed by atoms with Crippen molar-refractivity contribution >= 4 is 33.5 Å². The molecule has 1 atom stereocenters. The van der Waals surface area contributed by atoms with Crippen molar-refractivity contribution in [3.8, 4) is 0 Å². The molecule has 2 aliphatic rings. The summed E-state index contributed by atoms with van der Waals surface area (Å²) >= 11 is 0. The third-order valence-electron chi connectivity index (χ3n) is 6.90. The number of rotatable bonds is 6. The number of halogens is 4. The van der Waals surface area contributed by atoms with E-state index in [1.54, 1.807) is 4.90 Å². The number of amides is 2. The van der Waals surface area contributed by atoms with Gasteiger partial charge < -0.3 is 25.1 Å². The van der Waals surface area contributed by atoms with Gasteiger partial charge in [-0.05, 0) is 24.1 Å². The van der Waals surface area contributed by atoms with E-state index in [-0.39, 0.29) is 44.6 Å². The zero-order chi connectivity index (χ0) is 29.6. The van der Waals surface area contributed by atoms with Gasteiger partial charge in [0, 0.05) is 50.9 Å². The third kappa shape index (κ3) is 6.05. The van der Waals surface area contributed by atoms with Gasteiger partial charge in [-0.15, -0.1) is 0 Å². The van der Waals surface area contributed by atoms with E-state index >= 15 is 0 Å². The first-order valence-corrected chi connectivity index (χ1v) is 14.2. The second-order valence-electron chi connectivity index (χ2n) is 10.1. The van der Waals surface area contributed by atoms with Gasteiger partial charge in [-0.1, -0.05) is 13.8 Å². The number of sulfone groups is 1. The summed E-state index contributed by atoms with van der Waals surface area (Å²) in [7, 11) is -3.82. The van der Waals surface area contributed by atoms with Gasteiger partial charge in [-0.25, -0.2) is 27.6 Å². The predicted octanol–water partition coefficient (Wildman–Crippen LogP) is 2.48. The molecule has 2 fully saturated rings. The number of carbonyl (C=O) groups is 2. The molecule has 0 bridgehead atoms. The first kappa shape index (κ1) is 29.3. The number of hydrogen-bond donors (Lipinski definition) is 2. The summed E-state index contributed by atoms with van der Waals surface area (Å²) < 4.78 is 80.1. The molecule has 1 unspecified atom stereocenters. The molecule has 16 heteroatoms. The minimum atomic E-state index is -4.97. The maximum atomic E-state index is 14.1. The molecule has 1 aromatic carbocycles. The Kier molecular flexibility index (Phi) is 7.84. The number of aromatic nitrogens is 2. The lowest BCUT2D eigenvalue weighted by molar-refractivity contribution is -0.141. The lowest BCUT2D eigenvalue weighted by atomic mass is 9.99. The Bertz CT molecular complexity index is 1410. The lowest BCUT2D eigenvalue weighted by Gasteiger charge is -2.44. The van der Waals surface area contributed by atoms with Crippen LogP contribution in [0.4, 0.5) is 34.0 Å². The Morgan fingerprint density at radius 1 is 1.15 bits per heavy atom. The normalized spacial score (nSPS) is 18.6. The topological polar surface area (TPSA) is 136 Å². The van der Waals surface area contributed by atoms with Crippen LogP contribution in [0.15, 0.2) is 29.3 Å². The molecule has 218 valence electrons. The highest BCUT2D eigenvalue weighted by Crippen LogP contribution is 2.33. The van der Waals surface area contributed by atoms with Gasteiger partial charge in [0.25, 0.3) is 5.91 Å². The predicted molar refractivity (Wildman–Crippen MR) is 136 cm³/mol. The average molecular weight is 589 g/mol. The highest BCUT2D eigenvalue weighted by Gasteiger charge is 2.41. The molecule has 0 saturated carbocycles. The number of anilines is 2. The summed E-state index contributed by atoms with van der Waals surface area (Å²) in [6.07, 6.45) is -4.44. The van der Waals surface area contributed by atoms with Crippen LogP contribution in [-0.4, -0.2) is 91.5 Å². The molecule has 2 N–H and O–H groups in total. The molecule has 0 spiro atoms. The van der Waals surface area contributed by atoms with Crippen LogP contribution in [0.25, 0.3) is 0 Å². The first-order valence-electron chi connectivity index (χ1n) is 12.3. The fraction of sp³-hybridized carbons (Fsp3) is 0.500. The number of carboxylic acid groups (broad SMARTS) is 1. The van der Waals surface area contributed by atoms with Crippen LogP contribution in [0.2, 0.25) is 0 Å².